The number of hydrogen-bond acceptors (Lipinski definition) is 4. The summed E-state index contributed by atoms with van der Waals surface area (Å²) in [5.41, 5.74) is 0.703. The predicted molar refractivity (Wildman–Crippen MR) is 125 cm³/mol. The lowest BCUT2D eigenvalue weighted by Gasteiger charge is -2.66. The smallest absolute Gasteiger partial charge is 0.471 e. The van der Waals surface area contributed by atoms with Gasteiger partial charge in [0.1, 0.15) is 12.4 Å². The maximum absolute atomic E-state index is 13.6. The van der Waals surface area contributed by atoms with Gasteiger partial charge in [-0.3, -0.25) is 4.79 Å². The van der Waals surface area contributed by atoms with Gasteiger partial charge in [-0.1, -0.05) is 40.9 Å². The van der Waals surface area contributed by atoms with Crippen LogP contribution in [0, 0.1) is 17.3 Å². The molecule has 0 aromatic heterocycles. The number of carbonyl (C=O) groups excluding carboxylic acids is 2. The van der Waals surface area contributed by atoms with Crippen LogP contribution in [-0.4, -0.2) is 68.7 Å². The molecule has 4 unspecified atom stereocenters. The molecule has 4 fully saturated rings. The Balaban J connectivity index is 1.43. The topological polar surface area (TPSA) is 70.1 Å². The van der Waals surface area contributed by atoms with Crippen LogP contribution >= 0.6 is 34.8 Å². The molecular weight excluding hydrogens is 544 g/mol. The molecule has 12 heteroatoms. The van der Waals surface area contributed by atoms with E-state index in [1.165, 1.54) is 0 Å². The fourth-order valence-electron chi connectivity index (χ4n) is 8.84. The molecule has 4 bridgehead atoms. The monoisotopic (exact) mass is 566 g/mol. The molecule has 3 aliphatic carbocycles. The lowest BCUT2D eigenvalue weighted by atomic mass is 9.43. The molecule has 1 N–H and O–H groups in total. The zero-order chi connectivity index (χ0) is 25.8. The van der Waals surface area contributed by atoms with E-state index >= 15 is 0 Å². The highest BCUT2D eigenvalue weighted by Crippen LogP contribution is 2.75. The number of likely N-dealkylation sites (tertiary alicyclic amines) is 2. The molecule has 2 aliphatic heterocycles. The Morgan fingerprint density at radius 3 is 2.61 bits per heavy atom. The number of aromatic hydroxyl groups is 1. The number of carbonyl (C=O) groups is 2. The fraction of sp³-hybridized carbons (Fsp3) is 0.667. The molecule has 6 rings (SSSR count). The Morgan fingerprint density at radius 1 is 1.17 bits per heavy atom. The van der Waals surface area contributed by atoms with E-state index in [0.717, 1.165) is 16.0 Å². The molecule has 2 saturated carbocycles. The Bertz CT molecular complexity index is 1140. The Kier molecular flexibility index (Phi) is 5.31. The van der Waals surface area contributed by atoms with Crippen molar-refractivity contribution in [1.82, 2.24) is 9.80 Å². The van der Waals surface area contributed by atoms with Crippen LogP contribution in [0.25, 0.3) is 0 Å². The largest absolute Gasteiger partial charge is 0.508 e. The first-order chi connectivity index (χ1) is 16.8. The number of halogens is 6. The second kappa shape index (κ2) is 7.73. The standard InChI is InChI=1S/C24H24Cl3F3N2O4/c25-23(26,27)11-36-20(35)32-10-13-9-21-4-3-16(32)18(13)22(21)5-6-31(19(34)24(28,29)30)17(21)7-12-1-2-14(33)8-15(12)22/h1-2,8,13,16-18,33H,3-7,9-11H2/t13-,16?,17-,18?,21?,22?/m1/s1. The number of alkyl halides is 6. The van der Waals surface area contributed by atoms with Crippen molar-refractivity contribution in [3.63, 3.8) is 0 Å². The summed E-state index contributed by atoms with van der Waals surface area (Å²) < 4.78 is 44.4. The van der Waals surface area contributed by atoms with Gasteiger partial charge in [-0.15, -0.1) is 0 Å². The first-order valence-corrected chi connectivity index (χ1v) is 13.1. The van der Waals surface area contributed by atoms with Crippen LogP contribution < -0.4 is 0 Å². The normalized spacial score (nSPS) is 36.4. The van der Waals surface area contributed by atoms with Crippen molar-refractivity contribution in [2.45, 2.75) is 59.6 Å². The molecule has 5 aliphatic rings. The Morgan fingerprint density at radius 2 is 1.92 bits per heavy atom. The van der Waals surface area contributed by atoms with E-state index in [0.29, 0.717) is 38.6 Å². The van der Waals surface area contributed by atoms with E-state index in [9.17, 15) is 27.9 Å². The first-order valence-electron chi connectivity index (χ1n) is 12.0. The third kappa shape index (κ3) is 3.24. The lowest BCUT2D eigenvalue weighted by Crippen LogP contribution is -2.71. The maximum Gasteiger partial charge on any atom is 0.471 e. The van der Waals surface area contributed by atoms with Gasteiger partial charge in [0.25, 0.3) is 0 Å². The lowest BCUT2D eigenvalue weighted by molar-refractivity contribution is -0.199. The molecule has 6 atom stereocenters. The molecular formula is C24H24Cl3F3N2O4. The van der Waals surface area contributed by atoms with Crippen molar-refractivity contribution in [1.29, 1.82) is 0 Å². The average Bonchev–Trinajstić information content (AvgIpc) is 3.23. The summed E-state index contributed by atoms with van der Waals surface area (Å²) in [6.45, 7) is -0.0173. The van der Waals surface area contributed by atoms with Crippen molar-refractivity contribution in [2.75, 3.05) is 19.7 Å². The van der Waals surface area contributed by atoms with Crippen LogP contribution in [0.1, 0.15) is 36.8 Å². The van der Waals surface area contributed by atoms with E-state index in [1.54, 1.807) is 23.1 Å². The highest BCUT2D eigenvalue weighted by molar-refractivity contribution is 6.67. The number of rotatable bonds is 1. The van der Waals surface area contributed by atoms with Crippen LogP contribution in [0.5, 0.6) is 5.75 Å². The number of piperidine rings is 1. The van der Waals surface area contributed by atoms with Gasteiger partial charge in [0.15, 0.2) is 0 Å². The number of amides is 2. The molecule has 1 aromatic rings. The van der Waals surface area contributed by atoms with E-state index < -0.39 is 45.4 Å². The molecule has 6 nitrogen and oxygen atoms in total. The fourth-order valence-corrected chi connectivity index (χ4v) is 9.01. The van der Waals surface area contributed by atoms with Crippen LogP contribution in [0.15, 0.2) is 18.2 Å². The van der Waals surface area contributed by atoms with Crippen molar-refractivity contribution in [3.8, 4) is 5.75 Å². The SMILES string of the molecule is O=C(OCC(Cl)(Cl)Cl)N1C[C@H]2CC34CCC1C2C31CCN(C(=O)C(F)(F)F)[C@@H]4Cc2ccc(O)cc21. The maximum atomic E-state index is 13.6. The molecule has 1 aromatic carbocycles. The van der Waals surface area contributed by atoms with E-state index in [4.69, 9.17) is 39.5 Å². The van der Waals surface area contributed by atoms with Gasteiger partial charge < -0.3 is 19.6 Å². The Labute approximate surface area is 220 Å². The average molecular weight is 568 g/mol. The molecule has 196 valence electrons. The van der Waals surface area contributed by atoms with E-state index in [1.807, 2.05) is 0 Å². The second-order valence-electron chi connectivity index (χ2n) is 10.9. The zero-order valence-electron chi connectivity index (χ0n) is 19.0. The highest BCUT2D eigenvalue weighted by Gasteiger charge is 2.77. The summed E-state index contributed by atoms with van der Waals surface area (Å²) in [6, 6.07) is 4.27. The van der Waals surface area contributed by atoms with Crippen molar-refractivity contribution < 1.29 is 32.6 Å². The second-order valence-corrected chi connectivity index (χ2v) is 13.4. The molecule has 36 heavy (non-hydrogen) atoms. The number of phenols is 1. The van der Waals surface area contributed by atoms with Crippen LogP contribution in [0.4, 0.5) is 18.0 Å². The van der Waals surface area contributed by atoms with Crippen molar-refractivity contribution >= 4 is 46.8 Å². The quantitative estimate of drug-likeness (QED) is 0.488. The third-order valence-corrected chi connectivity index (χ3v) is 9.90. The van der Waals surface area contributed by atoms with Crippen molar-refractivity contribution in [3.05, 3.63) is 29.3 Å². The van der Waals surface area contributed by atoms with Gasteiger partial charge >= 0.3 is 18.2 Å². The zero-order valence-corrected chi connectivity index (χ0v) is 21.3. The minimum atomic E-state index is -4.94. The molecule has 2 amide bonds. The van der Waals surface area contributed by atoms with Gasteiger partial charge in [-0.2, -0.15) is 13.2 Å². The van der Waals surface area contributed by atoms with E-state index in [-0.39, 0.29) is 30.2 Å². The van der Waals surface area contributed by atoms with E-state index in [2.05, 4.69) is 0 Å². The van der Waals surface area contributed by atoms with Gasteiger partial charge in [0, 0.05) is 36.0 Å². The van der Waals surface area contributed by atoms with Crippen LogP contribution in [-0.2, 0) is 21.4 Å². The predicted octanol–water partition coefficient (Wildman–Crippen LogP) is 4.96. The summed E-state index contributed by atoms with van der Waals surface area (Å²) in [5, 5.41) is 10.4. The molecule has 2 saturated heterocycles. The summed E-state index contributed by atoms with van der Waals surface area (Å²) >= 11 is 17.3. The number of nitrogens with zero attached hydrogens (tertiary/aromatic N) is 2. The van der Waals surface area contributed by atoms with Crippen molar-refractivity contribution in [2.24, 2.45) is 17.3 Å². The van der Waals surface area contributed by atoms with Gasteiger partial charge in [0.05, 0.1) is 0 Å². The number of benzene rings is 1. The number of phenolic OH excluding ortho intramolecular Hbond substituents is 1. The molecule has 0 radical (unpaired) electrons. The molecule has 0 spiro atoms. The summed E-state index contributed by atoms with van der Waals surface area (Å²) in [6.07, 6.45) is -3.10. The minimum Gasteiger partial charge on any atom is -0.508 e. The summed E-state index contributed by atoms with van der Waals surface area (Å²) in [7, 11) is 0. The van der Waals surface area contributed by atoms with Gasteiger partial charge in [0.2, 0.25) is 3.79 Å². The summed E-state index contributed by atoms with van der Waals surface area (Å²) in [4.78, 5) is 28.3. The Hall–Kier alpha value is -1.58. The number of fused-ring (bicyclic) bond motifs is 1. The first kappa shape index (κ1) is 24.7. The molecule has 2 heterocycles. The van der Waals surface area contributed by atoms with Crippen LogP contribution in [0.3, 0.4) is 0 Å². The van der Waals surface area contributed by atoms with Gasteiger partial charge in [-0.25, -0.2) is 4.79 Å². The minimum absolute atomic E-state index is 0.0203. The number of ether oxygens (including phenoxy) is 1. The highest BCUT2D eigenvalue weighted by atomic mass is 35.6. The number of hydrogen-bond donors (Lipinski definition) is 1. The van der Waals surface area contributed by atoms with Crippen LogP contribution in [0.2, 0.25) is 0 Å². The summed E-state index contributed by atoms with van der Waals surface area (Å²) in [5.74, 6) is -1.69. The van der Waals surface area contributed by atoms with Gasteiger partial charge in [-0.05, 0) is 67.2 Å². The third-order valence-electron chi connectivity index (χ3n) is 9.57.